The van der Waals surface area contributed by atoms with Gasteiger partial charge in [-0.2, -0.15) is 0 Å². The van der Waals surface area contributed by atoms with Gasteiger partial charge in [0, 0.05) is 23.9 Å². The van der Waals surface area contributed by atoms with Gasteiger partial charge in [-0.15, -0.1) is 0 Å². The lowest BCUT2D eigenvalue weighted by Crippen LogP contribution is -2.47. The molecule has 8 nitrogen and oxygen atoms in total. The Kier molecular flexibility index (Phi) is 6.74. The Morgan fingerprint density at radius 3 is 2.27 bits per heavy atom. The summed E-state index contributed by atoms with van der Waals surface area (Å²) >= 11 is 0. The van der Waals surface area contributed by atoms with Crippen LogP contribution in [0.15, 0.2) is 91.0 Å². The van der Waals surface area contributed by atoms with Crippen LogP contribution in [-0.4, -0.2) is 32.8 Å². The van der Waals surface area contributed by atoms with E-state index in [1.54, 1.807) is 37.3 Å². The van der Waals surface area contributed by atoms with Crippen LogP contribution in [0.3, 0.4) is 0 Å². The van der Waals surface area contributed by atoms with Crippen molar-refractivity contribution in [3.63, 3.8) is 0 Å². The average molecular weight is 537 g/mol. The number of fused-ring (bicyclic) bond motifs is 2. The Hall–Kier alpha value is -4.98. The summed E-state index contributed by atoms with van der Waals surface area (Å²) in [7, 11) is 3.22. The molecule has 4 aromatic rings. The molecule has 0 saturated heterocycles. The summed E-state index contributed by atoms with van der Waals surface area (Å²) in [6.07, 6.45) is 0. The third-order valence-corrected chi connectivity index (χ3v) is 7.34. The van der Waals surface area contributed by atoms with Crippen LogP contribution in [0.5, 0.6) is 23.0 Å². The number of carbonyl (C=O) groups excluding carboxylic acids is 2. The zero-order chi connectivity index (χ0) is 27.6. The highest BCUT2D eigenvalue weighted by atomic mass is 16.7. The van der Waals surface area contributed by atoms with Crippen LogP contribution in [-0.2, 0) is 11.3 Å². The van der Waals surface area contributed by atoms with Crippen molar-refractivity contribution in [2.24, 2.45) is 0 Å². The zero-order valence-corrected chi connectivity index (χ0v) is 22.1. The average Bonchev–Trinajstić information content (AvgIpc) is 3.48. The van der Waals surface area contributed by atoms with Gasteiger partial charge in [-0.3, -0.25) is 14.5 Å². The maximum Gasteiger partial charge on any atom is 0.259 e. The van der Waals surface area contributed by atoms with Crippen LogP contribution < -0.4 is 29.2 Å². The fraction of sp³-hybridized carbons (Fsp3) is 0.188. The molecule has 2 aliphatic heterocycles. The van der Waals surface area contributed by atoms with Gasteiger partial charge in [0.05, 0.1) is 26.2 Å². The van der Waals surface area contributed by atoms with E-state index in [1.165, 1.54) is 0 Å². The second kappa shape index (κ2) is 10.6. The standard InChI is InChI=1S/C32H28N2O6/c1-37-23-12-7-20(8-13-23)18-33-31(35)29-25-5-3-4-6-26(25)32(36)34(22-11-16-27-28(17-22)40-19-39-27)30(29)21-9-14-24(38-2)15-10-21/h3-17,29-30H,18-19H2,1-2H3,(H,33,35). The van der Waals surface area contributed by atoms with Crippen LogP contribution >= 0.6 is 0 Å². The molecule has 1 N–H and O–H groups in total. The number of carbonyl (C=O) groups is 2. The van der Waals surface area contributed by atoms with Crippen molar-refractivity contribution in [1.29, 1.82) is 0 Å². The summed E-state index contributed by atoms with van der Waals surface area (Å²) in [6.45, 7) is 0.447. The zero-order valence-electron chi connectivity index (χ0n) is 22.1. The van der Waals surface area contributed by atoms with Crippen LogP contribution in [0.1, 0.15) is 39.0 Å². The van der Waals surface area contributed by atoms with Gasteiger partial charge < -0.3 is 24.3 Å². The quantitative estimate of drug-likeness (QED) is 0.348. The molecule has 0 radical (unpaired) electrons. The smallest absolute Gasteiger partial charge is 0.259 e. The third-order valence-electron chi connectivity index (χ3n) is 7.34. The molecule has 0 aliphatic carbocycles. The molecule has 6 rings (SSSR count). The van der Waals surface area contributed by atoms with Gasteiger partial charge in [0.1, 0.15) is 11.5 Å². The molecular formula is C32H28N2O6. The lowest BCUT2D eigenvalue weighted by atomic mass is 9.78. The Labute approximate surface area is 232 Å². The molecule has 8 heteroatoms. The largest absolute Gasteiger partial charge is 0.497 e. The maximum atomic E-state index is 14.1. The number of anilines is 1. The summed E-state index contributed by atoms with van der Waals surface area (Å²) in [6, 6.07) is 27.1. The number of nitrogens with zero attached hydrogens (tertiary/aromatic N) is 1. The molecule has 0 saturated carbocycles. The summed E-state index contributed by atoms with van der Waals surface area (Å²) in [5, 5.41) is 3.11. The van der Waals surface area contributed by atoms with Crippen molar-refractivity contribution in [2.75, 3.05) is 25.9 Å². The number of benzene rings is 4. The van der Waals surface area contributed by atoms with Gasteiger partial charge in [0.15, 0.2) is 11.5 Å². The molecule has 0 spiro atoms. The summed E-state index contributed by atoms with van der Waals surface area (Å²) in [4.78, 5) is 29.9. The number of hydrogen-bond donors (Lipinski definition) is 1. The van der Waals surface area contributed by atoms with E-state index in [9.17, 15) is 9.59 Å². The highest BCUT2D eigenvalue weighted by Crippen LogP contribution is 2.47. The van der Waals surface area contributed by atoms with Crippen LogP contribution in [0.4, 0.5) is 5.69 Å². The maximum absolute atomic E-state index is 14.1. The van der Waals surface area contributed by atoms with Crippen molar-refractivity contribution in [1.82, 2.24) is 5.32 Å². The van der Waals surface area contributed by atoms with E-state index >= 15 is 0 Å². The SMILES string of the molecule is COc1ccc(CNC(=O)C2c3ccccc3C(=O)N(c3ccc4c(c3)OCO4)C2c2ccc(OC)cc2)cc1. The van der Waals surface area contributed by atoms with Crippen molar-refractivity contribution in [3.05, 3.63) is 113 Å². The predicted octanol–water partition coefficient (Wildman–Crippen LogP) is 5.23. The monoisotopic (exact) mass is 536 g/mol. The minimum Gasteiger partial charge on any atom is -0.497 e. The molecule has 0 fully saturated rings. The van der Waals surface area contributed by atoms with Crippen molar-refractivity contribution >= 4 is 17.5 Å². The number of methoxy groups -OCH3 is 2. The van der Waals surface area contributed by atoms with E-state index in [-0.39, 0.29) is 18.6 Å². The molecule has 202 valence electrons. The van der Waals surface area contributed by atoms with Gasteiger partial charge in [0.2, 0.25) is 12.7 Å². The lowest BCUT2D eigenvalue weighted by Gasteiger charge is -2.42. The molecule has 4 aromatic carbocycles. The van der Waals surface area contributed by atoms with Crippen molar-refractivity contribution in [2.45, 2.75) is 18.5 Å². The van der Waals surface area contributed by atoms with E-state index < -0.39 is 12.0 Å². The summed E-state index contributed by atoms with van der Waals surface area (Å²) < 4.78 is 21.7. The van der Waals surface area contributed by atoms with Crippen LogP contribution in [0.25, 0.3) is 0 Å². The highest BCUT2D eigenvalue weighted by Gasteiger charge is 2.45. The first-order valence-electron chi connectivity index (χ1n) is 12.9. The van der Waals surface area contributed by atoms with E-state index in [2.05, 4.69) is 5.32 Å². The van der Waals surface area contributed by atoms with E-state index in [0.29, 0.717) is 40.6 Å². The van der Waals surface area contributed by atoms with E-state index in [0.717, 1.165) is 16.9 Å². The molecule has 2 amide bonds. The summed E-state index contributed by atoms with van der Waals surface area (Å²) in [5.74, 6) is 1.51. The first-order valence-corrected chi connectivity index (χ1v) is 12.9. The van der Waals surface area contributed by atoms with E-state index in [1.807, 2.05) is 72.8 Å². The van der Waals surface area contributed by atoms with Gasteiger partial charge in [0.25, 0.3) is 5.91 Å². The fourth-order valence-corrected chi connectivity index (χ4v) is 5.32. The number of ether oxygens (including phenoxy) is 4. The number of hydrogen-bond acceptors (Lipinski definition) is 6. The fourth-order valence-electron chi connectivity index (χ4n) is 5.32. The van der Waals surface area contributed by atoms with Gasteiger partial charge in [-0.1, -0.05) is 42.5 Å². The minimum atomic E-state index is -0.689. The van der Waals surface area contributed by atoms with Crippen LogP contribution in [0, 0.1) is 0 Å². The molecule has 2 heterocycles. The Balaban J connectivity index is 1.44. The number of rotatable bonds is 7. The van der Waals surface area contributed by atoms with Gasteiger partial charge in [-0.05, 0) is 59.2 Å². The molecule has 2 atom stereocenters. The molecule has 40 heavy (non-hydrogen) atoms. The predicted molar refractivity (Wildman–Crippen MR) is 149 cm³/mol. The first kappa shape index (κ1) is 25.3. The number of nitrogens with one attached hydrogen (secondary N) is 1. The Bertz CT molecular complexity index is 1550. The normalized spacial score (nSPS) is 17.2. The van der Waals surface area contributed by atoms with Crippen molar-refractivity contribution < 1.29 is 28.5 Å². The third kappa shape index (κ3) is 4.58. The topological polar surface area (TPSA) is 86.3 Å². The molecule has 2 aliphatic rings. The Morgan fingerprint density at radius 2 is 1.55 bits per heavy atom. The number of amides is 2. The Morgan fingerprint density at radius 1 is 0.875 bits per heavy atom. The first-order chi connectivity index (χ1) is 19.6. The molecule has 0 bridgehead atoms. The molecule has 0 aromatic heterocycles. The van der Waals surface area contributed by atoms with Gasteiger partial charge >= 0.3 is 0 Å². The van der Waals surface area contributed by atoms with Crippen LogP contribution in [0.2, 0.25) is 0 Å². The second-order valence-corrected chi connectivity index (χ2v) is 9.56. The minimum absolute atomic E-state index is 0.119. The molecule has 2 unspecified atom stereocenters. The molecular weight excluding hydrogens is 508 g/mol. The second-order valence-electron chi connectivity index (χ2n) is 9.56. The summed E-state index contributed by atoms with van der Waals surface area (Å²) in [5.41, 5.74) is 3.50. The van der Waals surface area contributed by atoms with E-state index in [4.69, 9.17) is 18.9 Å². The van der Waals surface area contributed by atoms with Gasteiger partial charge in [-0.25, -0.2) is 0 Å². The van der Waals surface area contributed by atoms with Crippen molar-refractivity contribution in [3.8, 4) is 23.0 Å². The highest BCUT2D eigenvalue weighted by molar-refractivity contribution is 6.11. The lowest BCUT2D eigenvalue weighted by molar-refractivity contribution is -0.123.